The first kappa shape index (κ1) is 56.3. The molecule has 2 fully saturated rings. The molecule has 0 heterocycles. The molecule has 6 heteroatoms. The van der Waals surface area contributed by atoms with E-state index in [0.717, 1.165) is 70.6 Å². The summed E-state index contributed by atoms with van der Waals surface area (Å²) in [6.07, 6.45) is 21.5. The van der Waals surface area contributed by atoms with Crippen LogP contribution >= 0.6 is 23.5 Å². The Morgan fingerprint density at radius 2 is 0.802 bits per heavy atom. The average Bonchev–Trinajstić information content (AvgIpc) is 3.50. The van der Waals surface area contributed by atoms with Crippen LogP contribution in [-0.4, -0.2) is 11.6 Å². The number of rotatable bonds is 20. The Hall–Kier alpha value is -6.60. The van der Waals surface area contributed by atoms with Gasteiger partial charge < -0.3 is 10.6 Å². The molecular weight excluding hydrogens is 1020 g/mol. The summed E-state index contributed by atoms with van der Waals surface area (Å²) in [5.74, 6) is 2.76. The zero-order chi connectivity index (χ0) is 55.8. The fraction of sp³-hybridized carbons (Fsp3) is 0.333. The van der Waals surface area contributed by atoms with Crippen LogP contribution in [0.2, 0.25) is 0 Å². The molecule has 0 radical (unpaired) electrons. The van der Waals surface area contributed by atoms with Crippen molar-refractivity contribution < 1.29 is 9.59 Å². The van der Waals surface area contributed by atoms with Crippen molar-refractivity contribution in [1.82, 2.24) is 0 Å². The number of carbonyl (C=O) groups excluding carboxylic acids is 2. The lowest BCUT2D eigenvalue weighted by Crippen LogP contribution is -2.25. The minimum Gasteiger partial charge on any atom is -0.355 e. The van der Waals surface area contributed by atoms with Gasteiger partial charge in [0.2, 0.25) is 0 Å². The lowest BCUT2D eigenvalue weighted by molar-refractivity contribution is 0.0976. The van der Waals surface area contributed by atoms with E-state index in [9.17, 15) is 0 Å². The van der Waals surface area contributed by atoms with Gasteiger partial charge in [-0.25, -0.2) is 0 Å². The Bertz CT molecular complexity index is 3470. The molecule has 11 rings (SSSR count). The zero-order valence-corrected chi connectivity index (χ0v) is 50.0. The monoisotopic (exact) mass is 1100 g/mol. The van der Waals surface area contributed by atoms with Gasteiger partial charge >= 0.3 is 0 Å². The highest BCUT2D eigenvalue weighted by atomic mass is 32.2. The van der Waals surface area contributed by atoms with Crippen LogP contribution in [0.3, 0.4) is 0 Å². The molecule has 0 amide bonds. The van der Waals surface area contributed by atoms with Crippen molar-refractivity contribution in [3.8, 4) is 22.3 Å². The summed E-state index contributed by atoms with van der Waals surface area (Å²) < 4.78 is 0. The molecule has 0 spiro atoms. The molecular formula is C75H80N2O2S2. The standard InChI is InChI=1S/C75H80N2O2S2/c1-6-8-10-15-52-20-24-54(25-21-52)56-28-32-58(33-29-56)60-36-40-62(41-37-60)80-68-46-44-65(76-64-17-13-12-14-50(64)4)70-72(68)75(79)73-69(47-45-66(71(73)74(70)78)77-67-48-49(3)18-19-51(67)5)81-63-42-38-61(39-43-63)59-34-30-57(31-35-59)55-26-22-53(23-27-55)16-11-9-7-2/h12-14,17-19,28-48,52-55,76-77H,6-11,15-16,20-27H2,1-5H3/t52-,53-,54-,55-. The first-order valence-corrected chi connectivity index (χ1v) is 32.1. The number of nitrogens with one attached hydrogen (secondary N) is 2. The Labute approximate surface area is 491 Å². The van der Waals surface area contributed by atoms with Gasteiger partial charge in [-0.05, 0) is 207 Å². The second-order valence-electron chi connectivity index (χ2n) is 23.7. The van der Waals surface area contributed by atoms with Gasteiger partial charge in [0.1, 0.15) is 0 Å². The van der Waals surface area contributed by atoms with Crippen molar-refractivity contribution in [3.63, 3.8) is 0 Å². The third-order valence-electron chi connectivity index (χ3n) is 18.0. The molecule has 414 valence electrons. The second kappa shape index (κ2) is 26.1. The van der Waals surface area contributed by atoms with Crippen LogP contribution in [-0.2, 0) is 0 Å². The lowest BCUT2D eigenvalue weighted by atomic mass is 9.77. The highest BCUT2D eigenvalue weighted by molar-refractivity contribution is 7.99. The van der Waals surface area contributed by atoms with Gasteiger partial charge in [-0.2, -0.15) is 0 Å². The number of anilines is 4. The summed E-state index contributed by atoms with van der Waals surface area (Å²) in [5.41, 5.74) is 15.5. The maximum absolute atomic E-state index is 15.9. The maximum Gasteiger partial charge on any atom is 0.198 e. The Morgan fingerprint density at radius 3 is 1.25 bits per heavy atom. The van der Waals surface area contributed by atoms with Gasteiger partial charge in [-0.15, -0.1) is 0 Å². The van der Waals surface area contributed by atoms with E-state index in [1.54, 1.807) is 23.5 Å². The summed E-state index contributed by atoms with van der Waals surface area (Å²) in [6.45, 7) is 10.8. The SMILES string of the molecule is CCCCC[C@H]1CC[C@H](c2ccc(-c3ccc(Sc4ccc(Nc5ccccc5C)c5c4C(=O)c4c(Sc6ccc(-c7ccc([C@H]8CC[C@H](CCCCC)CC8)cc7)cc6)ccc(Nc6cc(C)ccc6C)c4C5=O)cc3)cc2)CC1. The number of fused-ring (bicyclic) bond motifs is 2. The maximum atomic E-state index is 15.9. The topological polar surface area (TPSA) is 58.2 Å². The molecule has 3 aliphatic carbocycles. The molecule has 8 aromatic carbocycles. The second-order valence-corrected chi connectivity index (χ2v) is 25.9. The van der Waals surface area contributed by atoms with E-state index in [4.69, 9.17) is 0 Å². The molecule has 2 saturated carbocycles. The summed E-state index contributed by atoms with van der Waals surface area (Å²) in [7, 11) is 0. The molecule has 8 aromatic rings. The van der Waals surface area contributed by atoms with E-state index in [2.05, 4.69) is 167 Å². The van der Waals surface area contributed by atoms with Crippen LogP contribution in [0.25, 0.3) is 22.3 Å². The van der Waals surface area contributed by atoms with Crippen LogP contribution in [0.15, 0.2) is 183 Å². The molecule has 0 aliphatic heterocycles. The van der Waals surface area contributed by atoms with Crippen molar-refractivity contribution in [1.29, 1.82) is 0 Å². The fourth-order valence-electron chi connectivity index (χ4n) is 13.1. The van der Waals surface area contributed by atoms with Crippen molar-refractivity contribution in [2.24, 2.45) is 11.8 Å². The molecule has 81 heavy (non-hydrogen) atoms. The highest BCUT2D eigenvalue weighted by Crippen LogP contribution is 2.48. The fourth-order valence-corrected chi connectivity index (χ4v) is 15.0. The van der Waals surface area contributed by atoms with Gasteiger partial charge in [0.25, 0.3) is 0 Å². The highest BCUT2D eigenvalue weighted by Gasteiger charge is 2.38. The van der Waals surface area contributed by atoms with Crippen LogP contribution < -0.4 is 10.6 Å². The van der Waals surface area contributed by atoms with Crippen molar-refractivity contribution in [2.45, 2.75) is 169 Å². The third kappa shape index (κ3) is 13.0. The van der Waals surface area contributed by atoms with Gasteiger partial charge in [-0.1, -0.05) is 192 Å². The van der Waals surface area contributed by atoms with Crippen LogP contribution in [0.5, 0.6) is 0 Å². The number of carbonyl (C=O) groups is 2. The number of hydrogen-bond acceptors (Lipinski definition) is 6. The summed E-state index contributed by atoms with van der Waals surface area (Å²) in [5, 5.41) is 7.26. The number of hydrogen-bond donors (Lipinski definition) is 2. The quantitative estimate of drug-likeness (QED) is 0.0742. The molecule has 0 saturated heterocycles. The largest absolute Gasteiger partial charge is 0.355 e. The third-order valence-corrected chi connectivity index (χ3v) is 20.2. The van der Waals surface area contributed by atoms with Crippen molar-refractivity contribution >= 4 is 57.8 Å². The van der Waals surface area contributed by atoms with Crippen LogP contribution in [0, 0.1) is 32.6 Å². The minimum atomic E-state index is -0.189. The Morgan fingerprint density at radius 1 is 0.395 bits per heavy atom. The normalized spacial score (nSPS) is 17.8. The molecule has 3 aliphatic rings. The van der Waals surface area contributed by atoms with Gasteiger partial charge in [0, 0.05) is 42.1 Å². The van der Waals surface area contributed by atoms with Gasteiger partial charge in [0.15, 0.2) is 11.6 Å². The first-order valence-electron chi connectivity index (χ1n) is 30.5. The van der Waals surface area contributed by atoms with E-state index < -0.39 is 0 Å². The molecule has 0 bridgehead atoms. The Balaban J connectivity index is 0.884. The minimum absolute atomic E-state index is 0.161. The van der Waals surface area contributed by atoms with E-state index in [1.165, 1.54) is 125 Å². The van der Waals surface area contributed by atoms with Crippen LogP contribution in [0.4, 0.5) is 22.7 Å². The van der Waals surface area contributed by atoms with Crippen molar-refractivity contribution in [2.75, 3.05) is 10.6 Å². The van der Waals surface area contributed by atoms with Crippen molar-refractivity contribution in [3.05, 3.63) is 214 Å². The molecule has 0 unspecified atom stereocenters. The number of aryl methyl sites for hydroxylation is 3. The molecule has 0 aromatic heterocycles. The number of benzene rings is 8. The number of ketones is 2. The van der Waals surface area contributed by atoms with E-state index in [0.29, 0.717) is 45.5 Å². The smallest absolute Gasteiger partial charge is 0.198 e. The number of para-hydroxylation sites is 1. The van der Waals surface area contributed by atoms with Crippen LogP contribution in [0.1, 0.15) is 188 Å². The Kier molecular flexibility index (Phi) is 18.1. The van der Waals surface area contributed by atoms with Gasteiger partial charge in [-0.3, -0.25) is 9.59 Å². The van der Waals surface area contributed by atoms with E-state index in [1.807, 2.05) is 42.5 Å². The average molecular weight is 1110 g/mol. The first-order chi connectivity index (χ1) is 39.6. The predicted octanol–water partition coefficient (Wildman–Crippen LogP) is 22.2. The summed E-state index contributed by atoms with van der Waals surface area (Å²) in [4.78, 5) is 35.3. The predicted molar refractivity (Wildman–Crippen MR) is 343 cm³/mol. The number of unbranched alkanes of at least 4 members (excludes halogenated alkanes) is 4. The molecule has 4 nitrogen and oxygen atoms in total. The molecule has 0 atom stereocenters. The lowest BCUT2D eigenvalue weighted by Gasteiger charge is -2.29. The summed E-state index contributed by atoms with van der Waals surface area (Å²) >= 11 is 3.08. The molecule has 2 N–H and O–H groups in total. The summed E-state index contributed by atoms with van der Waals surface area (Å²) in [6, 6.07) is 58.2. The van der Waals surface area contributed by atoms with E-state index >= 15 is 9.59 Å². The van der Waals surface area contributed by atoms with E-state index in [-0.39, 0.29) is 11.6 Å². The zero-order valence-electron chi connectivity index (χ0n) is 48.3. The van der Waals surface area contributed by atoms with Gasteiger partial charge in [0.05, 0.1) is 22.5 Å².